The van der Waals surface area contributed by atoms with Crippen LogP contribution >= 0.6 is 11.6 Å². The van der Waals surface area contributed by atoms with Gasteiger partial charge in [0.2, 0.25) is 0 Å². The Balaban J connectivity index is 1.81. The van der Waals surface area contributed by atoms with Gasteiger partial charge in [-0.25, -0.2) is 0 Å². The zero-order chi connectivity index (χ0) is 13.1. The van der Waals surface area contributed by atoms with Gasteiger partial charge in [0, 0.05) is 24.7 Å². The molecule has 0 radical (unpaired) electrons. The van der Waals surface area contributed by atoms with Crippen molar-refractivity contribution < 1.29 is 9.90 Å². The largest absolute Gasteiger partial charge is 0.506 e. The van der Waals surface area contributed by atoms with Crippen molar-refractivity contribution in [1.29, 1.82) is 0 Å². The highest BCUT2D eigenvalue weighted by atomic mass is 35.5. The Kier molecular flexibility index (Phi) is 4.09. The molecule has 4 nitrogen and oxygen atoms in total. The van der Waals surface area contributed by atoms with Gasteiger partial charge < -0.3 is 15.3 Å². The average molecular weight is 269 g/mol. The Morgan fingerprint density at radius 2 is 2.28 bits per heavy atom. The van der Waals surface area contributed by atoms with Crippen LogP contribution in [0.3, 0.4) is 0 Å². The number of phenolic OH excluding ortho intramolecular Hbond substituents is 1. The number of halogens is 1. The first-order valence-corrected chi connectivity index (χ1v) is 6.42. The molecule has 0 heterocycles. The third-order valence-electron chi connectivity index (χ3n) is 3.13. The molecule has 2 N–H and O–H groups in total. The summed E-state index contributed by atoms with van der Waals surface area (Å²) in [5.41, 5.74) is 0.465. The maximum absolute atomic E-state index is 11.8. The number of hydrogen-bond donors (Lipinski definition) is 2. The van der Waals surface area contributed by atoms with Crippen LogP contribution in [0, 0.1) is 0 Å². The number of benzene rings is 1. The minimum atomic E-state index is -0.166. The standard InChI is InChI=1S/C13H17ClN2O2/c1-16(10-3-4-10)7-6-15-13(18)9-2-5-12(17)11(14)8-9/h2,5,8,10,17H,3-4,6-7H2,1H3,(H,15,18). The molecule has 1 aromatic rings. The van der Waals surface area contributed by atoms with Crippen molar-refractivity contribution in [3.63, 3.8) is 0 Å². The minimum absolute atomic E-state index is 0.0123. The van der Waals surface area contributed by atoms with Crippen LogP contribution in [0.4, 0.5) is 0 Å². The molecule has 0 unspecified atom stereocenters. The lowest BCUT2D eigenvalue weighted by Crippen LogP contribution is -2.33. The van der Waals surface area contributed by atoms with Crippen molar-refractivity contribution in [1.82, 2.24) is 10.2 Å². The predicted molar refractivity (Wildman–Crippen MR) is 71.1 cm³/mol. The lowest BCUT2D eigenvalue weighted by molar-refractivity contribution is 0.0949. The summed E-state index contributed by atoms with van der Waals surface area (Å²) < 4.78 is 0. The van der Waals surface area contributed by atoms with Crippen molar-refractivity contribution in [3.05, 3.63) is 28.8 Å². The first kappa shape index (κ1) is 13.2. The summed E-state index contributed by atoms with van der Waals surface area (Å²) >= 11 is 5.75. The highest BCUT2D eigenvalue weighted by molar-refractivity contribution is 6.32. The van der Waals surface area contributed by atoms with Gasteiger partial charge in [-0.3, -0.25) is 4.79 Å². The number of amides is 1. The van der Waals surface area contributed by atoms with Crippen LogP contribution in [0.1, 0.15) is 23.2 Å². The van der Waals surface area contributed by atoms with Crippen LogP contribution in [0.25, 0.3) is 0 Å². The van der Waals surface area contributed by atoms with Gasteiger partial charge in [-0.2, -0.15) is 0 Å². The van der Waals surface area contributed by atoms with Gasteiger partial charge in [-0.15, -0.1) is 0 Å². The van der Waals surface area contributed by atoms with Crippen LogP contribution < -0.4 is 5.32 Å². The lowest BCUT2D eigenvalue weighted by Gasteiger charge is -2.15. The number of phenols is 1. The zero-order valence-corrected chi connectivity index (χ0v) is 11.1. The smallest absolute Gasteiger partial charge is 0.251 e. The Labute approximate surface area is 112 Å². The second-order valence-corrected chi connectivity index (χ2v) is 5.04. The summed E-state index contributed by atoms with van der Waals surface area (Å²) in [7, 11) is 2.07. The van der Waals surface area contributed by atoms with Crippen molar-refractivity contribution in [3.8, 4) is 5.75 Å². The van der Waals surface area contributed by atoms with Gasteiger partial charge in [-0.1, -0.05) is 11.6 Å². The minimum Gasteiger partial charge on any atom is -0.506 e. The van der Waals surface area contributed by atoms with Crippen molar-refractivity contribution in [2.45, 2.75) is 18.9 Å². The van der Waals surface area contributed by atoms with E-state index < -0.39 is 0 Å². The molecule has 0 spiro atoms. The summed E-state index contributed by atoms with van der Waals surface area (Å²) in [6.07, 6.45) is 2.52. The third kappa shape index (κ3) is 3.37. The highest BCUT2D eigenvalue weighted by Gasteiger charge is 2.25. The summed E-state index contributed by atoms with van der Waals surface area (Å²) in [6, 6.07) is 5.15. The molecule has 0 aromatic heterocycles. The van der Waals surface area contributed by atoms with E-state index in [9.17, 15) is 9.90 Å². The molecule has 0 aliphatic heterocycles. The Morgan fingerprint density at radius 3 is 2.89 bits per heavy atom. The molecule has 1 amide bonds. The van der Waals surface area contributed by atoms with Crippen LogP contribution in [0.5, 0.6) is 5.75 Å². The summed E-state index contributed by atoms with van der Waals surface area (Å²) in [4.78, 5) is 14.1. The molecule has 0 bridgehead atoms. The van der Waals surface area contributed by atoms with E-state index >= 15 is 0 Å². The fourth-order valence-corrected chi connectivity index (χ4v) is 1.97. The molecule has 0 saturated heterocycles. The van der Waals surface area contributed by atoms with Gasteiger partial charge in [0.25, 0.3) is 5.91 Å². The van der Waals surface area contributed by atoms with Gasteiger partial charge >= 0.3 is 0 Å². The fourth-order valence-electron chi connectivity index (χ4n) is 1.79. The molecule has 1 fully saturated rings. The van der Waals surface area contributed by atoms with Gasteiger partial charge in [-0.05, 0) is 38.1 Å². The summed E-state index contributed by atoms with van der Waals surface area (Å²) in [5, 5.41) is 12.3. The first-order chi connectivity index (χ1) is 8.58. The molecule has 1 aliphatic carbocycles. The second kappa shape index (κ2) is 5.59. The molecule has 1 aliphatic rings. The molecular weight excluding hydrogens is 252 g/mol. The number of aromatic hydroxyl groups is 1. The average Bonchev–Trinajstić information content (AvgIpc) is 3.16. The maximum atomic E-state index is 11.8. The number of nitrogens with zero attached hydrogens (tertiary/aromatic N) is 1. The SMILES string of the molecule is CN(CCNC(=O)c1ccc(O)c(Cl)c1)C1CC1. The van der Waals surface area contributed by atoms with E-state index in [2.05, 4.69) is 17.3 Å². The topological polar surface area (TPSA) is 52.6 Å². The van der Waals surface area contributed by atoms with E-state index in [0.717, 1.165) is 6.54 Å². The van der Waals surface area contributed by atoms with Crippen molar-refractivity contribution in [2.24, 2.45) is 0 Å². The predicted octanol–water partition coefficient (Wildman–Crippen LogP) is 1.87. The maximum Gasteiger partial charge on any atom is 0.251 e. The van der Waals surface area contributed by atoms with E-state index in [1.165, 1.54) is 25.0 Å². The number of hydrogen-bond acceptors (Lipinski definition) is 3. The number of carbonyl (C=O) groups is 1. The van der Waals surface area contributed by atoms with Crippen LogP contribution in [0.2, 0.25) is 5.02 Å². The van der Waals surface area contributed by atoms with Crippen LogP contribution in [0.15, 0.2) is 18.2 Å². The number of likely N-dealkylation sites (N-methyl/N-ethyl adjacent to an activating group) is 1. The molecule has 5 heteroatoms. The summed E-state index contributed by atoms with van der Waals surface area (Å²) in [5.74, 6) is -0.178. The quantitative estimate of drug-likeness (QED) is 0.857. The fraction of sp³-hybridized carbons (Fsp3) is 0.462. The van der Waals surface area contributed by atoms with Gasteiger partial charge in [0.15, 0.2) is 0 Å². The Bertz CT molecular complexity index is 447. The normalized spacial score (nSPS) is 14.8. The molecular formula is C13H17ClN2O2. The van der Waals surface area contributed by atoms with Crippen LogP contribution in [-0.4, -0.2) is 42.1 Å². The van der Waals surface area contributed by atoms with Gasteiger partial charge in [0.05, 0.1) is 5.02 Å². The Morgan fingerprint density at radius 1 is 1.56 bits per heavy atom. The third-order valence-corrected chi connectivity index (χ3v) is 3.43. The number of rotatable bonds is 5. The van der Waals surface area contributed by atoms with E-state index in [4.69, 9.17) is 11.6 Å². The zero-order valence-electron chi connectivity index (χ0n) is 10.3. The molecule has 2 rings (SSSR count). The molecule has 98 valence electrons. The monoisotopic (exact) mass is 268 g/mol. The lowest BCUT2D eigenvalue weighted by atomic mass is 10.2. The summed E-state index contributed by atoms with van der Waals surface area (Å²) in [6.45, 7) is 1.46. The second-order valence-electron chi connectivity index (χ2n) is 4.63. The van der Waals surface area contributed by atoms with E-state index in [1.54, 1.807) is 6.07 Å². The van der Waals surface area contributed by atoms with Crippen molar-refractivity contribution >= 4 is 17.5 Å². The van der Waals surface area contributed by atoms with E-state index in [1.807, 2.05) is 0 Å². The first-order valence-electron chi connectivity index (χ1n) is 6.05. The van der Waals surface area contributed by atoms with E-state index in [-0.39, 0.29) is 16.7 Å². The van der Waals surface area contributed by atoms with Crippen molar-refractivity contribution in [2.75, 3.05) is 20.1 Å². The van der Waals surface area contributed by atoms with E-state index in [0.29, 0.717) is 18.2 Å². The van der Waals surface area contributed by atoms with Gasteiger partial charge in [0.1, 0.15) is 5.75 Å². The number of carbonyl (C=O) groups excluding carboxylic acids is 1. The Hall–Kier alpha value is -1.26. The molecule has 1 saturated carbocycles. The number of nitrogens with one attached hydrogen (secondary N) is 1. The highest BCUT2D eigenvalue weighted by Crippen LogP contribution is 2.25. The molecule has 18 heavy (non-hydrogen) atoms. The molecule has 1 aromatic carbocycles. The molecule has 0 atom stereocenters. The van der Waals surface area contributed by atoms with Crippen LogP contribution in [-0.2, 0) is 0 Å².